The lowest BCUT2D eigenvalue weighted by Gasteiger charge is -2.42. The normalized spacial score (nSPS) is 30.6. The van der Waals surface area contributed by atoms with Crippen molar-refractivity contribution in [3.8, 4) is 0 Å². The maximum absolute atomic E-state index is 6.12. The molecule has 16 heavy (non-hydrogen) atoms. The highest BCUT2D eigenvalue weighted by Gasteiger charge is 2.33. The van der Waals surface area contributed by atoms with Crippen LogP contribution in [-0.2, 0) is 4.74 Å². The van der Waals surface area contributed by atoms with E-state index in [9.17, 15) is 0 Å². The van der Waals surface area contributed by atoms with Crippen molar-refractivity contribution in [2.45, 2.75) is 39.2 Å². The Kier molecular flexibility index (Phi) is 3.88. The van der Waals surface area contributed by atoms with Crippen LogP contribution in [0.25, 0.3) is 0 Å². The van der Waals surface area contributed by atoms with Crippen LogP contribution in [-0.4, -0.2) is 43.8 Å². The summed E-state index contributed by atoms with van der Waals surface area (Å²) in [5.41, 5.74) is 6.38. The zero-order valence-corrected chi connectivity index (χ0v) is 10.7. The first kappa shape index (κ1) is 12.3. The molecule has 2 aliphatic rings. The average molecular weight is 226 g/mol. The molecular weight excluding hydrogens is 200 g/mol. The predicted octanol–water partition coefficient (Wildman–Crippen LogP) is 1.47. The number of piperidine rings is 1. The summed E-state index contributed by atoms with van der Waals surface area (Å²) in [4.78, 5) is 2.50. The van der Waals surface area contributed by atoms with Crippen LogP contribution < -0.4 is 5.73 Å². The highest BCUT2D eigenvalue weighted by molar-refractivity contribution is 4.89. The van der Waals surface area contributed by atoms with Crippen molar-refractivity contribution < 1.29 is 4.74 Å². The Bertz CT molecular complexity index is 226. The van der Waals surface area contributed by atoms with E-state index in [0.29, 0.717) is 6.04 Å². The Morgan fingerprint density at radius 2 is 2.06 bits per heavy atom. The van der Waals surface area contributed by atoms with Crippen molar-refractivity contribution >= 4 is 0 Å². The number of nitrogens with zero attached hydrogens (tertiary/aromatic N) is 1. The second kappa shape index (κ2) is 5.03. The van der Waals surface area contributed by atoms with Gasteiger partial charge >= 0.3 is 0 Å². The molecule has 1 atom stereocenters. The van der Waals surface area contributed by atoms with Gasteiger partial charge in [-0.3, -0.25) is 0 Å². The van der Waals surface area contributed by atoms with Crippen LogP contribution in [0, 0.1) is 11.3 Å². The molecule has 2 N–H and O–H groups in total. The van der Waals surface area contributed by atoms with Crippen molar-refractivity contribution in [3.05, 3.63) is 0 Å². The van der Waals surface area contributed by atoms with Gasteiger partial charge in [0.05, 0.1) is 6.61 Å². The lowest BCUT2D eigenvalue weighted by molar-refractivity contribution is 0.0517. The first-order chi connectivity index (χ1) is 7.58. The fraction of sp³-hybridized carbons (Fsp3) is 1.00. The standard InChI is InChI=1S/C13H26N2O/c1-13(2)10-15(6-5-12(13)14)7-8-16-9-11-3-4-11/h11-12H,3-10,14H2,1-2H3. The van der Waals surface area contributed by atoms with E-state index in [1.165, 1.54) is 12.8 Å². The molecule has 0 bridgehead atoms. The molecule has 1 saturated heterocycles. The number of likely N-dealkylation sites (tertiary alicyclic amines) is 1. The van der Waals surface area contributed by atoms with Crippen LogP contribution in [0.15, 0.2) is 0 Å². The van der Waals surface area contributed by atoms with Gasteiger partial charge in [0.15, 0.2) is 0 Å². The Labute approximate surface area is 99.3 Å². The van der Waals surface area contributed by atoms with Gasteiger partial charge in [-0.05, 0) is 37.1 Å². The maximum atomic E-state index is 6.12. The highest BCUT2D eigenvalue weighted by Crippen LogP contribution is 2.29. The smallest absolute Gasteiger partial charge is 0.0593 e. The van der Waals surface area contributed by atoms with E-state index in [0.717, 1.165) is 45.2 Å². The molecule has 0 radical (unpaired) electrons. The molecule has 2 fully saturated rings. The third kappa shape index (κ3) is 3.44. The first-order valence-electron chi connectivity index (χ1n) is 6.63. The van der Waals surface area contributed by atoms with Crippen LogP contribution in [0.2, 0.25) is 0 Å². The molecule has 3 heteroatoms. The molecule has 0 amide bonds. The maximum Gasteiger partial charge on any atom is 0.0593 e. The summed E-state index contributed by atoms with van der Waals surface area (Å²) in [6, 6.07) is 0.358. The monoisotopic (exact) mass is 226 g/mol. The second-order valence-electron chi connectivity index (χ2n) is 6.18. The molecule has 94 valence electrons. The highest BCUT2D eigenvalue weighted by atomic mass is 16.5. The van der Waals surface area contributed by atoms with E-state index in [2.05, 4.69) is 18.7 Å². The van der Waals surface area contributed by atoms with Crippen LogP contribution >= 0.6 is 0 Å². The van der Waals surface area contributed by atoms with Crippen molar-refractivity contribution in [1.82, 2.24) is 4.90 Å². The van der Waals surface area contributed by atoms with Crippen molar-refractivity contribution in [2.75, 3.05) is 32.8 Å². The van der Waals surface area contributed by atoms with Crippen molar-refractivity contribution in [3.63, 3.8) is 0 Å². The summed E-state index contributed by atoms with van der Waals surface area (Å²) in [6.45, 7) is 9.74. The van der Waals surface area contributed by atoms with Crippen molar-refractivity contribution in [1.29, 1.82) is 0 Å². The third-order valence-corrected chi connectivity index (χ3v) is 3.99. The zero-order chi connectivity index (χ0) is 11.6. The Balaban J connectivity index is 1.61. The summed E-state index contributed by atoms with van der Waals surface area (Å²) >= 11 is 0. The lowest BCUT2D eigenvalue weighted by Crippen LogP contribution is -2.52. The molecule has 2 rings (SSSR count). The van der Waals surface area contributed by atoms with Gasteiger partial charge in [0, 0.05) is 25.7 Å². The Morgan fingerprint density at radius 1 is 1.31 bits per heavy atom. The first-order valence-corrected chi connectivity index (χ1v) is 6.63. The minimum atomic E-state index is 0.259. The fourth-order valence-corrected chi connectivity index (χ4v) is 2.40. The second-order valence-corrected chi connectivity index (χ2v) is 6.18. The fourth-order valence-electron chi connectivity index (χ4n) is 2.40. The van der Waals surface area contributed by atoms with Crippen LogP contribution in [0.4, 0.5) is 0 Å². The molecule has 1 heterocycles. The van der Waals surface area contributed by atoms with Gasteiger partial charge in [-0.2, -0.15) is 0 Å². The molecule has 1 saturated carbocycles. The molecule has 1 aliphatic heterocycles. The van der Waals surface area contributed by atoms with Crippen molar-refractivity contribution in [2.24, 2.45) is 17.1 Å². The Hall–Kier alpha value is -0.120. The number of ether oxygens (including phenoxy) is 1. The van der Waals surface area contributed by atoms with Crippen LogP contribution in [0.3, 0.4) is 0 Å². The minimum Gasteiger partial charge on any atom is -0.380 e. The quantitative estimate of drug-likeness (QED) is 0.722. The molecule has 1 unspecified atom stereocenters. The van der Waals surface area contributed by atoms with E-state index in [1.54, 1.807) is 0 Å². The SMILES string of the molecule is CC1(C)CN(CCOCC2CC2)CCC1N. The van der Waals surface area contributed by atoms with E-state index < -0.39 is 0 Å². The predicted molar refractivity (Wildman–Crippen MR) is 66.4 cm³/mol. The molecular formula is C13H26N2O. The Morgan fingerprint density at radius 3 is 2.69 bits per heavy atom. The van der Waals surface area contributed by atoms with Gasteiger partial charge in [0.25, 0.3) is 0 Å². The van der Waals surface area contributed by atoms with Gasteiger partial charge in [-0.25, -0.2) is 0 Å². The third-order valence-electron chi connectivity index (χ3n) is 3.99. The summed E-state index contributed by atoms with van der Waals surface area (Å²) in [6.07, 6.45) is 3.88. The topological polar surface area (TPSA) is 38.5 Å². The van der Waals surface area contributed by atoms with E-state index in [1.807, 2.05) is 0 Å². The van der Waals surface area contributed by atoms with Crippen LogP contribution in [0.5, 0.6) is 0 Å². The molecule has 0 spiro atoms. The molecule has 0 aromatic rings. The van der Waals surface area contributed by atoms with E-state index >= 15 is 0 Å². The number of hydrogen-bond donors (Lipinski definition) is 1. The van der Waals surface area contributed by atoms with Crippen LogP contribution in [0.1, 0.15) is 33.1 Å². The summed E-state index contributed by atoms with van der Waals surface area (Å²) in [5.74, 6) is 0.881. The van der Waals surface area contributed by atoms with Gasteiger partial charge < -0.3 is 15.4 Å². The average Bonchev–Trinajstić information content (AvgIpc) is 3.01. The van der Waals surface area contributed by atoms with Gasteiger partial charge in [0.2, 0.25) is 0 Å². The number of rotatable bonds is 5. The van der Waals surface area contributed by atoms with Gasteiger partial charge in [-0.15, -0.1) is 0 Å². The summed E-state index contributed by atoms with van der Waals surface area (Å²) < 4.78 is 5.68. The van der Waals surface area contributed by atoms with Gasteiger partial charge in [-0.1, -0.05) is 13.8 Å². The number of hydrogen-bond acceptors (Lipinski definition) is 3. The molecule has 1 aliphatic carbocycles. The lowest BCUT2D eigenvalue weighted by atomic mass is 9.80. The minimum absolute atomic E-state index is 0.259. The molecule has 0 aromatic heterocycles. The van der Waals surface area contributed by atoms with Gasteiger partial charge in [0.1, 0.15) is 0 Å². The van der Waals surface area contributed by atoms with E-state index in [4.69, 9.17) is 10.5 Å². The number of nitrogens with two attached hydrogens (primary N) is 1. The van der Waals surface area contributed by atoms with E-state index in [-0.39, 0.29) is 5.41 Å². The summed E-state index contributed by atoms with van der Waals surface area (Å²) in [7, 11) is 0. The molecule has 0 aromatic carbocycles. The zero-order valence-electron chi connectivity index (χ0n) is 10.7. The molecule has 3 nitrogen and oxygen atoms in total. The largest absolute Gasteiger partial charge is 0.380 e. The summed E-state index contributed by atoms with van der Waals surface area (Å²) in [5, 5.41) is 0.